The van der Waals surface area contributed by atoms with Crippen molar-refractivity contribution in [1.82, 2.24) is 15.5 Å². The number of halogens is 1. The zero-order valence-electron chi connectivity index (χ0n) is 14.4. The van der Waals surface area contributed by atoms with E-state index in [1.807, 2.05) is 7.05 Å². The van der Waals surface area contributed by atoms with Gasteiger partial charge in [0, 0.05) is 45.4 Å². The Bertz CT molecular complexity index is 368. The molecule has 0 amide bonds. The average Bonchev–Trinajstić information content (AvgIpc) is 3.27. The van der Waals surface area contributed by atoms with E-state index in [9.17, 15) is 0 Å². The Hall–Kier alpha value is -0.0800. The summed E-state index contributed by atoms with van der Waals surface area (Å²) in [4.78, 5) is 7.06. The number of nitrogens with one attached hydrogen (secondary N) is 2. The van der Waals surface area contributed by atoms with Gasteiger partial charge in [0.1, 0.15) is 0 Å². The summed E-state index contributed by atoms with van der Waals surface area (Å²) >= 11 is 0. The average molecular weight is 436 g/mol. The third-order valence-corrected chi connectivity index (χ3v) is 5.41. The number of ether oxygens (including phenoxy) is 1. The molecule has 23 heavy (non-hydrogen) atoms. The van der Waals surface area contributed by atoms with Gasteiger partial charge in [0.05, 0.1) is 6.10 Å². The van der Waals surface area contributed by atoms with Gasteiger partial charge in [0.25, 0.3) is 0 Å². The second kappa shape index (κ2) is 10.0. The van der Waals surface area contributed by atoms with E-state index in [0.717, 1.165) is 31.6 Å². The quantitative estimate of drug-likeness (QED) is 0.395. The van der Waals surface area contributed by atoms with Crippen molar-refractivity contribution in [2.75, 3.05) is 33.3 Å². The Morgan fingerprint density at radius 1 is 1.17 bits per heavy atom. The minimum atomic E-state index is 0. The fourth-order valence-electron chi connectivity index (χ4n) is 4.12. The van der Waals surface area contributed by atoms with Gasteiger partial charge >= 0.3 is 0 Å². The summed E-state index contributed by atoms with van der Waals surface area (Å²) in [5, 5.41) is 7.05. The maximum atomic E-state index is 5.67. The lowest BCUT2D eigenvalue weighted by Gasteiger charge is -2.24. The standard InChI is InChI=1S/C17H32N4O.HI/c1-18-17(19-10-8-16-7-4-12-22-16)20-14-9-11-21(13-14)15-5-2-3-6-15;/h14-16H,2-13H2,1H3,(H2,18,19,20);1H. The van der Waals surface area contributed by atoms with Gasteiger partial charge in [-0.1, -0.05) is 12.8 Å². The van der Waals surface area contributed by atoms with Crippen LogP contribution in [0, 0.1) is 0 Å². The van der Waals surface area contributed by atoms with Crippen molar-refractivity contribution in [3.05, 3.63) is 0 Å². The number of rotatable bonds is 5. The molecule has 3 fully saturated rings. The Morgan fingerprint density at radius 2 is 2.00 bits per heavy atom. The van der Waals surface area contributed by atoms with Crippen LogP contribution in [0.1, 0.15) is 51.4 Å². The van der Waals surface area contributed by atoms with Gasteiger partial charge in [0.2, 0.25) is 0 Å². The third kappa shape index (κ3) is 5.74. The normalized spacial score (nSPS) is 29.7. The SMILES string of the molecule is CN=C(NCCC1CCCO1)NC1CCN(C2CCCC2)C1.I. The molecule has 0 aromatic heterocycles. The van der Waals surface area contributed by atoms with E-state index in [1.165, 1.54) is 58.0 Å². The molecule has 2 atom stereocenters. The minimum absolute atomic E-state index is 0. The van der Waals surface area contributed by atoms with Gasteiger partial charge in [-0.15, -0.1) is 24.0 Å². The molecule has 5 nitrogen and oxygen atoms in total. The van der Waals surface area contributed by atoms with Crippen LogP contribution in [0.5, 0.6) is 0 Å². The largest absolute Gasteiger partial charge is 0.378 e. The molecule has 0 aromatic carbocycles. The first-order chi connectivity index (χ1) is 10.8. The maximum Gasteiger partial charge on any atom is 0.191 e. The van der Waals surface area contributed by atoms with Crippen LogP contribution in [0.2, 0.25) is 0 Å². The molecule has 2 heterocycles. The second-order valence-corrected chi connectivity index (χ2v) is 6.99. The molecule has 3 aliphatic rings. The van der Waals surface area contributed by atoms with Crippen LogP contribution >= 0.6 is 24.0 Å². The molecular formula is C17H33IN4O. The summed E-state index contributed by atoms with van der Waals surface area (Å²) in [6.45, 7) is 4.31. The summed E-state index contributed by atoms with van der Waals surface area (Å²) in [5.41, 5.74) is 0. The Balaban J connectivity index is 0.00000192. The van der Waals surface area contributed by atoms with Gasteiger partial charge in [0.15, 0.2) is 5.96 Å². The number of aliphatic imine (C=N–C) groups is 1. The highest BCUT2D eigenvalue weighted by Gasteiger charge is 2.30. The monoisotopic (exact) mass is 436 g/mol. The summed E-state index contributed by atoms with van der Waals surface area (Å²) in [6.07, 6.45) is 10.9. The predicted molar refractivity (Wildman–Crippen MR) is 106 cm³/mol. The van der Waals surface area contributed by atoms with E-state index in [4.69, 9.17) is 4.74 Å². The first kappa shape index (κ1) is 19.2. The first-order valence-electron chi connectivity index (χ1n) is 9.18. The highest BCUT2D eigenvalue weighted by molar-refractivity contribution is 14.0. The van der Waals surface area contributed by atoms with Gasteiger partial charge in [-0.2, -0.15) is 0 Å². The van der Waals surface area contributed by atoms with E-state index in [1.54, 1.807) is 0 Å². The Kier molecular flexibility index (Phi) is 8.40. The molecule has 2 saturated heterocycles. The Labute approximate surface area is 158 Å². The summed E-state index contributed by atoms with van der Waals surface area (Å²) < 4.78 is 5.67. The molecule has 0 radical (unpaired) electrons. The zero-order valence-corrected chi connectivity index (χ0v) is 16.8. The molecule has 3 rings (SSSR count). The lowest BCUT2D eigenvalue weighted by atomic mass is 10.2. The second-order valence-electron chi connectivity index (χ2n) is 6.99. The van der Waals surface area contributed by atoms with Crippen molar-refractivity contribution in [2.45, 2.75) is 69.6 Å². The van der Waals surface area contributed by atoms with Crippen molar-refractivity contribution < 1.29 is 4.74 Å². The van der Waals surface area contributed by atoms with Crippen LogP contribution in [0.15, 0.2) is 4.99 Å². The topological polar surface area (TPSA) is 48.9 Å². The first-order valence-corrected chi connectivity index (χ1v) is 9.18. The molecule has 1 aliphatic carbocycles. The molecule has 2 aliphatic heterocycles. The van der Waals surface area contributed by atoms with Crippen molar-refractivity contribution in [3.8, 4) is 0 Å². The van der Waals surface area contributed by atoms with E-state index in [2.05, 4.69) is 20.5 Å². The number of guanidine groups is 1. The fraction of sp³-hybridized carbons (Fsp3) is 0.941. The molecule has 0 spiro atoms. The van der Waals surface area contributed by atoms with Crippen LogP contribution in [0.3, 0.4) is 0 Å². The number of hydrogen-bond donors (Lipinski definition) is 2. The van der Waals surface area contributed by atoms with E-state index >= 15 is 0 Å². The van der Waals surface area contributed by atoms with Gasteiger partial charge in [-0.05, 0) is 38.5 Å². The van der Waals surface area contributed by atoms with Gasteiger partial charge in [-0.3, -0.25) is 9.89 Å². The lowest BCUT2D eigenvalue weighted by Crippen LogP contribution is -2.45. The van der Waals surface area contributed by atoms with Crippen LogP contribution in [0.25, 0.3) is 0 Å². The molecule has 0 aromatic rings. The van der Waals surface area contributed by atoms with Crippen molar-refractivity contribution in [3.63, 3.8) is 0 Å². The van der Waals surface area contributed by atoms with Crippen LogP contribution in [-0.2, 0) is 4.74 Å². The van der Waals surface area contributed by atoms with Crippen molar-refractivity contribution in [1.29, 1.82) is 0 Å². The lowest BCUT2D eigenvalue weighted by molar-refractivity contribution is 0.105. The smallest absolute Gasteiger partial charge is 0.191 e. The van der Waals surface area contributed by atoms with E-state index in [-0.39, 0.29) is 24.0 Å². The zero-order chi connectivity index (χ0) is 15.2. The summed E-state index contributed by atoms with van der Waals surface area (Å²) in [7, 11) is 1.87. The number of nitrogens with zero attached hydrogens (tertiary/aromatic N) is 2. The summed E-state index contributed by atoms with van der Waals surface area (Å²) in [5.74, 6) is 0.955. The molecule has 0 bridgehead atoms. The molecule has 6 heteroatoms. The molecule has 2 N–H and O–H groups in total. The van der Waals surface area contributed by atoms with Gasteiger partial charge < -0.3 is 15.4 Å². The predicted octanol–water partition coefficient (Wildman–Crippen LogP) is 2.36. The highest BCUT2D eigenvalue weighted by Crippen LogP contribution is 2.26. The van der Waals surface area contributed by atoms with Crippen LogP contribution < -0.4 is 10.6 Å². The molecule has 134 valence electrons. The fourth-order valence-corrected chi connectivity index (χ4v) is 4.12. The van der Waals surface area contributed by atoms with Crippen LogP contribution in [-0.4, -0.2) is 62.3 Å². The number of likely N-dealkylation sites (tertiary alicyclic amines) is 1. The summed E-state index contributed by atoms with van der Waals surface area (Å²) in [6, 6.07) is 1.40. The highest BCUT2D eigenvalue weighted by atomic mass is 127. The van der Waals surface area contributed by atoms with Crippen molar-refractivity contribution >= 4 is 29.9 Å². The number of hydrogen-bond acceptors (Lipinski definition) is 3. The third-order valence-electron chi connectivity index (χ3n) is 5.41. The molecule has 1 saturated carbocycles. The van der Waals surface area contributed by atoms with E-state index in [0.29, 0.717) is 12.1 Å². The minimum Gasteiger partial charge on any atom is -0.378 e. The molecule has 2 unspecified atom stereocenters. The van der Waals surface area contributed by atoms with Gasteiger partial charge in [-0.25, -0.2) is 0 Å². The molecular weight excluding hydrogens is 403 g/mol. The van der Waals surface area contributed by atoms with E-state index < -0.39 is 0 Å². The van der Waals surface area contributed by atoms with Crippen LogP contribution in [0.4, 0.5) is 0 Å². The van der Waals surface area contributed by atoms with Crippen molar-refractivity contribution in [2.24, 2.45) is 4.99 Å². The maximum absolute atomic E-state index is 5.67. The Morgan fingerprint density at radius 3 is 2.70 bits per heavy atom.